The van der Waals surface area contributed by atoms with Crippen LogP contribution in [0.5, 0.6) is 0 Å². The van der Waals surface area contributed by atoms with Gasteiger partial charge < -0.3 is 16.2 Å². The highest BCUT2D eigenvalue weighted by Crippen LogP contribution is 2.46. The fourth-order valence-electron chi connectivity index (χ4n) is 3.17. The molecule has 0 spiro atoms. The summed E-state index contributed by atoms with van der Waals surface area (Å²) in [6.07, 6.45) is 4.55. The molecule has 4 N–H and O–H groups in total. The van der Waals surface area contributed by atoms with Crippen LogP contribution in [0.25, 0.3) is 0 Å². The third-order valence-electron chi connectivity index (χ3n) is 4.33. The molecular weight excluding hydrogens is 248 g/mol. The summed E-state index contributed by atoms with van der Waals surface area (Å²) in [5.41, 5.74) is 5.15. The first-order valence-electron chi connectivity index (χ1n) is 6.73. The Bertz CT molecular complexity index is 345. The number of nitrogens with two attached hydrogens (primary N) is 1. The molecular formula is C13H22N2O2S. The Hall–Kier alpha value is -0.680. The molecule has 0 atom stereocenters. The van der Waals surface area contributed by atoms with Gasteiger partial charge in [-0.25, -0.2) is 0 Å². The molecule has 18 heavy (non-hydrogen) atoms. The van der Waals surface area contributed by atoms with Crippen molar-refractivity contribution in [2.75, 3.05) is 0 Å². The Morgan fingerprint density at radius 3 is 2.33 bits per heavy atom. The van der Waals surface area contributed by atoms with E-state index in [0.717, 1.165) is 38.5 Å². The fraction of sp³-hybridized carbons (Fsp3) is 0.846. The molecule has 2 fully saturated rings. The Labute approximate surface area is 113 Å². The lowest BCUT2D eigenvalue weighted by molar-refractivity contribution is -0.134. The van der Waals surface area contributed by atoms with Gasteiger partial charge in [-0.1, -0.05) is 19.1 Å². The number of thiocarbonyl (C=S) groups is 1. The molecule has 0 saturated heterocycles. The molecule has 1 amide bonds. The summed E-state index contributed by atoms with van der Waals surface area (Å²) in [6.45, 7) is 2.11. The van der Waals surface area contributed by atoms with E-state index in [1.54, 1.807) is 0 Å². The molecule has 4 nitrogen and oxygen atoms in total. The van der Waals surface area contributed by atoms with E-state index in [0.29, 0.717) is 10.9 Å². The van der Waals surface area contributed by atoms with Crippen molar-refractivity contribution < 1.29 is 9.90 Å². The predicted octanol–water partition coefficient (Wildman–Crippen LogP) is 1.11. The van der Waals surface area contributed by atoms with Crippen molar-refractivity contribution in [2.24, 2.45) is 17.1 Å². The van der Waals surface area contributed by atoms with Gasteiger partial charge in [0, 0.05) is 6.04 Å². The Kier molecular flexibility index (Phi) is 3.92. The van der Waals surface area contributed by atoms with Crippen molar-refractivity contribution >= 4 is 23.1 Å². The molecule has 102 valence electrons. The standard InChI is InChI=1S/C13H22N2O2S/c1-8-6-13(7-8,11(14)18)12(17)15-9-2-4-10(16)5-3-9/h8-10,16H,2-7H2,1H3,(H2,14,18)(H,15,17). The van der Waals surface area contributed by atoms with Crippen molar-refractivity contribution in [3.63, 3.8) is 0 Å². The lowest BCUT2D eigenvalue weighted by atomic mass is 9.62. The van der Waals surface area contributed by atoms with E-state index in [4.69, 9.17) is 18.0 Å². The van der Waals surface area contributed by atoms with Crippen LogP contribution in [0.4, 0.5) is 0 Å². The number of nitrogens with one attached hydrogen (secondary N) is 1. The van der Waals surface area contributed by atoms with Crippen LogP contribution in [0, 0.1) is 11.3 Å². The van der Waals surface area contributed by atoms with Gasteiger partial charge in [-0.05, 0) is 44.4 Å². The normalized spacial score (nSPS) is 39.8. The summed E-state index contributed by atoms with van der Waals surface area (Å²) in [5.74, 6) is 0.514. The zero-order valence-corrected chi connectivity index (χ0v) is 11.6. The zero-order chi connectivity index (χ0) is 13.3. The number of amides is 1. The third kappa shape index (κ3) is 2.52. The van der Waals surface area contributed by atoms with Crippen LogP contribution in [0.3, 0.4) is 0 Å². The molecule has 0 bridgehead atoms. The van der Waals surface area contributed by atoms with Gasteiger partial charge in [0.25, 0.3) is 0 Å². The topological polar surface area (TPSA) is 75.3 Å². The predicted molar refractivity (Wildman–Crippen MR) is 74.0 cm³/mol. The molecule has 5 heteroatoms. The van der Waals surface area contributed by atoms with Crippen LogP contribution in [0.1, 0.15) is 45.4 Å². The van der Waals surface area contributed by atoms with E-state index in [2.05, 4.69) is 12.2 Å². The first-order valence-corrected chi connectivity index (χ1v) is 7.14. The molecule has 0 aliphatic heterocycles. The molecule has 0 heterocycles. The molecule has 2 rings (SSSR count). The monoisotopic (exact) mass is 270 g/mol. The minimum absolute atomic E-state index is 0.00510. The Balaban J connectivity index is 1.92. The molecule has 0 aromatic rings. The third-order valence-corrected chi connectivity index (χ3v) is 4.72. The second-order valence-corrected chi connectivity index (χ2v) is 6.38. The minimum atomic E-state index is -0.606. The Morgan fingerprint density at radius 2 is 1.89 bits per heavy atom. The van der Waals surface area contributed by atoms with Crippen molar-refractivity contribution in [2.45, 2.75) is 57.6 Å². The van der Waals surface area contributed by atoms with Gasteiger partial charge in [0.05, 0.1) is 16.5 Å². The number of aliphatic hydroxyl groups excluding tert-OH is 1. The second-order valence-electron chi connectivity index (χ2n) is 5.94. The lowest BCUT2D eigenvalue weighted by Crippen LogP contribution is -2.58. The number of carbonyl (C=O) groups excluding carboxylic acids is 1. The summed E-state index contributed by atoms with van der Waals surface area (Å²) < 4.78 is 0. The molecule has 2 aliphatic carbocycles. The van der Waals surface area contributed by atoms with Gasteiger partial charge in [0.1, 0.15) is 0 Å². The number of hydrogen-bond acceptors (Lipinski definition) is 3. The van der Waals surface area contributed by atoms with Gasteiger partial charge in [0.2, 0.25) is 5.91 Å². The first kappa shape index (κ1) is 13.7. The lowest BCUT2D eigenvalue weighted by Gasteiger charge is -2.45. The maximum atomic E-state index is 12.3. The highest BCUT2D eigenvalue weighted by molar-refractivity contribution is 7.80. The summed E-state index contributed by atoms with van der Waals surface area (Å²) in [7, 11) is 0. The van der Waals surface area contributed by atoms with Gasteiger partial charge in [-0.2, -0.15) is 0 Å². The van der Waals surface area contributed by atoms with E-state index >= 15 is 0 Å². The van der Waals surface area contributed by atoms with Crippen molar-refractivity contribution in [1.82, 2.24) is 5.32 Å². The van der Waals surface area contributed by atoms with Crippen molar-refractivity contribution in [3.8, 4) is 0 Å². The van der Waals surface area contributed by atoms with E-state index in [1.165, 1.54) is 0 Å². The largest absolute Gasteiger partial charge is 0.393 e. The zero-order valence-electron chi connectivity index (χ0n) is 10.8. The number of aliphatic hydroxyl groups is 1. The first-order chi connectivity index (χ1) is 8.44. The van der Waals surface area contributed by atoms with Crippen LogP contribution in [0.15, 0.2) is 0 Å². The van der Waals surface area contributed by atoms with E-state index < -0.39 is 5.41 Å². The van der Waals surface area contributed by atoms with Crippen LogP contribution >= 0.6 is 12.2 Å². The smallest absolute Gasteiger partial charge is 0.233 e. The Morgan fingerprint density at radius 1 is 1.33 bits per heavy atom. The van der Waals surface area contributed by atoms with E-state index in [-0.39, 0.29) is 18.1 Å². The summed E-state index contributed by atoms with van der Waals surface area (Å²) in [6, 6.07) is 0.169. The molecule has 0 aromatic carbocycles. The summed E-state index contributed by atoms with van der Waals surface area (Å²) in [5, 5.41) is 12.5. The van der Waals surface area contributed by atoms with Gasteiger partial charge in [-0.15, -0.1) is 0 Å². The minimum Gasteiger partial charge on any atom is -0.393 e. The fourth-order valence-corrected chi connectivity index (χ4v) is 3.43. The SMILES string of the molecule is CC1CC(C(=O)NC2CCC(O)CC2)(C(N)=S)C1. The maximum absolute atomic E-state index is 12.3. The van der Waals surface area contributed by atoms with Crippen molar-refractivity contribution in [3.05, 3.63) is 0 Å². The van der Waals surface area contributed by atoms with Gasteiger partial charge >= 0.3 is 0 Å². The summed E-state index contributed by atoms with van der Waals surface area (Å²) in [4.78, 5) is 12.7. The average Bonchev–Trinajstić information content (AvgIpc) is 2.27. The van der Waals surface area contributed by atoms with Gasteiger partial charge in [0.15, 0.2) is 0 Å². The molecule has 0 unspecified atom stereocenters. The number of hydrogen-bond donors (Lipinski definition) is 3. The second kappa shape index (κ2) is 5.13. The molecule has 0 radical (unpaired) electrons. The highest BCUT2D eigenvalue weighted by Gasteiger charge is 2.51. The maximum Gasteiger partial charge on any atom is 0.233 e. The van der Waals surface area contributed by atoms with Crippen LogP contribution in [-0.4, -0.2) is 28.1 Å². The van der Waals surface area contributed by atoms with Crippen molar-refractivity contribution in [1.29, 1.82) is 0 Å². The van der Waals surface area contributed by atoms with Crippen LogP contribution < -0.4 is 11.1 Å². The summed E-state index contributed by atoms with van der Waals surface area (Å²) >= 11 is 5.07. The van der Waals surface area contributed by atoms with Crippen LogP contribution in [-0.2, 0) is 4.79 Å². The number of rotatable bonds is 3. The van der Waals surface area contributed by atoms with Gasteiger partial charge in [-0.3, -0.25) is 4.79 Å². The number of carbonyl (C=O) groups is 1. The molecule has 2 saturated carbocycles. The molecule has 0 aromatic heterocycles. The average molecular weight is 270 g/mol. The quantitative estimate of drug-likeness (QED) is 0.672. The highest BCUT2D eigenvalue weighted by atomic mass is 32.1. The molecule has 2 aliphatic rings. The van der Waals surface area contributed by atoms with Crippen LogP contribution in [0.2, 0.25) is 0 Å². The van der Waals surface area contributed by atoms with E-state index in [1.807, 2.05) is 0 Å². The van der Waals surface area contributed by atoms with E-state index in [9.17, 15) is 9.90 Å².